The molecule has 3 nitrogen and oxygen atoms in total. The molecule has 2 aromatic heterocycles. The van der Waals surface area contributed by atoms with Crippen LogP contribution < -0.4 is 0 Å². The molecule has 3 aromatic rings. The number of aromatic nitrogens is 2. The summed E-state index contributed by atoms with van der Waals surface area (Å²) in [6, 6.07) is 7.89. The van der Waals surface area contributed by atoms with Gasteiger partial charge in [-0.3, -0.25) is 0 Å². The molecular weight excluding hydrogens is 387 g/mol. The van der Waals surface area contributed by atoms with E-state index in [-0.39, 0.29) is 0 Å². The number of hydrogen-bond acceptors (Lipinski definition) is 3. The Morgan fingerprint density at radius 1 is 1.20 bits per heavy atom. The standard InChI is InChI=1S/C15H10ClIN2O/c16-14-12(17)13(8-5-6-8)18-15(19-14)10-7-20-11-4-2-1-3-9(10)11/h1-4,7-8H,5-6H2. The van der Waals surface area contributed by atoms with Gasteiger partial charge in [-0.1, -0.05) is 29.8 Å². The molecule has 0 atom stereocenters. The third kappa shape index (κ3) is 2.02. The summed E-state index contributed by atoms with van der Waals surface area (Å²) in [5.74, 6) is 1.20. The van der Waals surface area contributed by atoms with Gasteiger partial charge >= 0.3 is 0 Å². The van der Waals surface area contributed by atoms with Gasteiger partial charge in [-0.25, -0.2) is 9.97 Å². The molecule has 1 aliphatic carbocycles. The quantitative estimate of drug-likeness (QED) is 0.451. The molecular formula is C15H10ClIN2O. The van der Waals surface area contributed by atoms with Crippen molar-refractivity contribution in [1.29, 1.82) is 0 Å². The summed E-state index contributed by atoms with van der Waals surface area (Å²) in [4.78, 5) is 9.15. The molecule has 1 aromatic carbocycles. The first-order chi connectivity index (χ1) is 9.74. The number of halogens is 2. The van der Waals surface area contributed by atoms with Crippen molar-refractivity contribution in [3.05, 3.63) is 44.9 Å². The van der Waals surface area contributed by atoms with Gasteiger partial charge in [0.1, 0.15) is 17.0 Å². The minimum atomic E-state index is 0.530. The summed E-state index contributed by atoms with van der Waals surface area (Å²) in [6.07, 6.45) is 4.09. The van der Waals surface area contributed by atoms with Gasteiger partial charge in [0.05, 0.1) is 14.8 Å². The van der Waals surface area contributed by atoms with E-state index in [4.69, 9.17) is 21.0 Å². The van der Waals surface area contributed by atoms with Gasteiger partial charge in [-0.2, -0.15) is 0 Å². The average Bonchev–Trinajstić information content (AvgIpc) is 3.21. The van der Waals surface area contributed by atoms with Gasteiger partial charge in [-0.05, 0) is 41.5 Å². The molecule has 100 valence electrons. The van der Waals surface area contributed by atoms with Gasteiger partial charge in [0.15, 0.2) is 5.82 Å². The largest absolute Gasteiger partial charge is 0.464 e. The Bertz CT molecular complexity index is 811. The zero-order valence-corrected chi connectivity index (χ0v) is 13.4. The first-order valence-electron chi connectivity index (χ1n) is 6.43. The predicted molar refractivity (Wildman–Crippen MR) is 86.9 cm³/mol. The van der Waals surface area contributed by atoms with E-state index in [0.29, 0.717) is 16.9 Å². The Kier molecular flexibility index (Phi) is 2.96. The second kappa shape index (κ2) is 4.70. The number of furan rings is 1. The molecule has 0 radical (unpaired) electrons. The normalized spacial score (nSPS) is 14.9. The van der Waals surface area contributed by atoms with E-state index in [2.05, 4.69) is 27.6 Å². The molecule has 0 saturated heterocycles. The van der Waals surface area contributed by atoms with Crippen LogP contribution in [0.5, 0.6) is 0 Å². The lowest BCUT2D eigenvalue weighted by atomic mass is 10.1. The molecule has 0 aliphatic heterocycles. The summed E-state index contributed by atoms with van der Waals surface area (Å²) < 4.78 is 6.54. The highest BCUT2D eigenvalue weighted by molar-refractivity contribution is 14.1. The fourth-order valence-electron chi connectivity index (χ4n) is 2.33. The molecule has 0 amide bonds. The van der Waals surface area contributed by atoms with Crippen LogP contribution in [-0.2, 0) is 0 Å². The van der Waals surface area contributed by atoms with Crippen LogP contribution in [0.3, 0.4) is 0 Å². The second-order valence-electron chi connectivity index (χ2n) is 4.96. The molecule has 5 heteroatoms. The van der Waals surface area contributed by atoms with Crippen molar-refractivity contribution in [2.45, 2.75) is 18.8 Å². The predicted octanol–water partition coefficient (Wildman–Crippen LogP) is 5.03. The van der Waals surface area contributed by atoms with Gasteiger partial charge < -0.3 is 4.42 Å². The number of nitrogens with zero attached hydrogens (tertiary/aromatic N) is 2. The third-order valence-corrected chi connectivity index (χ3v) is 5.18. The van der Waals surface area contributed by atoms with E-state index in [1.165, 1.54) is 12.8 Å². The van der Waals surface area contributed by atoms with Crippen LogP contribution in [0.2, 0.25) is 5.15 Å². The first-order valence-corrected chi connectivity index (χ1v) is 7.89. The molecule has 1 saturated carbocycles. The minimum Gasteiger partial charge on any atom is -0.464 e. The Labute approximate surface area is 134 Å². The number of rotatable bonds is 2. The van der Waals surface area contributed by atoms with Crippen LogP contribution in [0, 0.1) is 3.57 Å². The Morgan fingerprint density at radius 3 is 2.80 bits per heavy atom. The molecule has 0 spiro atoms. The van der Waals surface area contributed by atoms with Crippen molar-refractivity contribution in [3.63, 3.8) is 0 Å². The van der Waals surface area contributed by atoms with E-state index in [9.17, 15) is 0 Å². The Morgan fingerprint density at radius 2 is 2.00 bits per heavy atom. The lowest BCUT2D eigenvalue weighted by Gasteiger charge is -2.06. The number of hydrogen-bond donors (Lipinski definition) is 0. The highest BCUT2D eigenvalue weighted by Gasteiger charge is 2.29. The zero-order chi connectivity index (χ0) is 13.7. The summed E-state index contributed by atoms with van der Waals surface area (Å²) >= 11 is 8.50. The van der Waals surface area contributed by atoms with Crippen LogP contribution in [0.15, 0.2) is 34.9 Å². The Hall–Kier alpha value is -1.14. The minimum absolute atomic E-state index is 0.530. The van der Waals surface area contributed by atoms with Gasteiger partial charge in [0, 0.05) is 11.3 Å². The maximum Gasteiger partial charge on any atom is 0.165 e. The van der Waals surface area contributed by atoms with Crippen LogP contribution in [0.1, 0.15) is 24.5 Å². The maximum atomic E-state index is 6.27. The van der Waals surface area contributed by atoms with Gasteiger partial charge in [0.2, 0.25) is 0 Å². The van der Waals surface area contributed by atoms with E-state index in [1.807, 2.05) is 24.3 Å². The second-order valence-corrected chi connectivity index (χ2v) is 6.39. The summed E-state index contributed by atoms with van der Waals surface area (Å²) in [6.45, 7) is 0. The van der Waals surface area contributed by atoms with Gasteiger partial charge in [0.25, 0.3) is 0 Å². The number of benzene rings is 1. The van der Waals surface area contributed by atoms with E-state index in [0.717, 1.165) is 25.8 Å². The molecule has 0 unspecified atom stereocenters. The summed E-state index contributed by atoms with van der Waals surface area (Å²) in [5, 5.41) is 1.55. The van der Waals surface area contributed by atoms with E-state index < -0.39 is 0 Å². The van der Waals surface area contributed by atoms with Crippen molar-refractivity contribution in [1.82, 2.24) is 9.97 Å². The topological polar surface area (TPSA) is 38.9 Å². The first kappa shape index (κ1) is 12.6. The third-order valence-electron chi connectivity index (χ3n) is 3.52. The van der Waals surface area contributed by atoms with Crippen molar-refractivity contribution in [2.24, 2.45) is 0 Å². The maximum absolute atomic E-state index is 6.27. The number of para-hydroxylation sites is 1. The fraction of sp³-hybridized carbons (Fsp3) is 0.200. The molecule has 1 aliphatic rings. The van der Waals surface area contributed by atoms with Crippen molar-refractivity contribution in [3.8, 4) is 11.4 Å². The number of fused-ring (bicyclic) bond motifs is 1. The van der Waals surface area contributed by atoms with Crippen molar-refractivity contribution < 1.29 is 4.42 Å². The van der Waals surface area contributed by atoms with Crippen LogP contribution >= 0.6 is 34.2 Å². The van der Waals surface area contributed by atoms with Crippen molar-refractivity contribution >= 4 is 45.2 Å². The lowest BCUT2D eigenvalue weighted by Crippen LogP contribution is -1.99. The smallest absolute Gasteiger partial charge is 0.165 e. The highest BCUT2D eigenvalue weighted by Crippen LogP contribution is 2.43. The zero-order valence-electron chi connectivity index (χ0n) is 10.4. The molecule has 0 bridgehead atoms. The average molecular weight is 397 g/mol. The molecule has 0 N–H and O–H groups in total. The van der Waals surface area contributed by atoms with E-state index in [1.54, 1.807) is 6.26 Å². The van der Waals surface area contributed by atoms with Crippen LogP contribution in [0.4, 0.5) is 0 Å². The fourth-order valence-corrected chi connectivity index (χ4v) is 3.19. The highest BCUT2D eigenvalue weighted by atomic mass is 127. The van der Waals surface area contributed by atoms with Crippen molar-refractivity contribution in [2.75, 3.05) is 0 Å². The van der Waals surface area contributed by atoms with Crippen LogP contribution in [-0.4, -0.2) is 9.97 Å². The monoisotopic (exact) mass is 396 g/mol. The molecule has 2 heterocycles. The van der Waals surface area contributed by atoms with Gasteiger partial charge in [-0.15, -0.1) is 0 Å². The molecule has 20 heavy (non-hydrogen) atoms. The molecule has 4 rings (SSSR count). The SMILES string of the molecule is Clc1nc(-c2coc3ccccc23)nc(C2CC2)c1I. The van der Waals surface area contributed by atoms with Crippen LogP contribution in [0.25, 0.3) is 22.4 Å². The summed E-state index contributed by atoms with van der Waals surface area (Å²) in [7, 11) is 0. The molecule has 1 fully saturated rings. The summed E-state index contributed by atoms with van der Waals surface area (Å²) in [5.41, 5.74) is 2.82. The Balaban J connectivity index is 1.94. The van der Waals surface area contributed by atoms with E-state index >= 15 is 0 Å². The lowest BCUT2D eigenvalue weighted by molar-refractivity contribution is 0.616.